The maximum Gasteiger partial charge on any atom is 0.270 e. The molecule has 3 rings (SSSR count). The molecule has 0 spiro atoms. The molecule has 0 unspecified atom stereocenters. The van der Waals surface area contributed by atoms with Crippen LogP contribution in [-0.4, -0.2) is 9.97 Å². The van der Waals surface area contributed by atoms with Crippen molar-refractivity contribution in [3.63, 3.8) is 0 Å². The third-order valence-electron chi connectivity index (χ3n) is 3.45. The van der Waals surface area contributed by atoms with Crippen molar-refractivity contribution in [1.82, 2.24) is 0 Å². The monoisotopic (exact) mass is 323 g/mol. The number of benzene rings is 3. The molecule has 0 aliphatic rings. The second-order valence-corrected chi connectivity index (χ2v) is 5.99. The van der Waals surface area contributed by atoms with Crippen molar-refractivity contribution in [2.75, 3.05) is 5.73 Å². The van der Waals surface area contributed by atoms with Crippen molar-refractivity contribution in [1.29, 1.82) is 5.41 Å². The highest BCUT2D eigenvalue weighted by Gasteiger charge is 2.14. The minimum Gasteiger partial charge on any atom is -0.398 e. The molecule has 0 aliphatic heterocycles. The van der Waals surface area contributed by atoms with Crippen molar-refractivity contribution < 1.29 is 4.92 Å². The van der Waals surface area contributed by atoms with Gasteiger partial charge in [0.25, 0.3) is 5.69 Å². The van der Waals surface area contributed by atoms with Gasteiger partial charge in [0.1, 0.15) is 5.04 Å². The standard InChI is InChI=1S/C17H13N3O2S/c18-15-9-8-12(20(21)22)10-14(15)17(19)23-16-7-3-5-11-4-1-2-6-13(11)16/h1-10,19H,18H2. The smallest absolute Gasteiger partial charge is 0.270 e. The molecule has 0 aromatic heterocycles. The molecule has 23 heavy (non-hydrogen) atoms. The highest BCUT2D eigenvalue weighted by atomic mass is 32.2. The van der Waals surface area contributed by atoms with Crippen molar-refractivity contribution >= 4 is 39.0 Å². The van der Waals surface area contributed by atoms with Gasteiger partial charge in [-0.1, -0.05) is 48.2 Å². The topological polar surface area (TPSA) is 93.0 Å². The van der Waals surface area contributed by atoms with Gasteiger partial charge in [-0.15, -0.1) is 0 Å². The van der Waals surface area contributed by atoms with Gasteiger partial charge in [0.05, 0.1) is 4.92 Å². The molecule has 0 saturated carbocycles. The van der Waals surface area contributed by atoms with Crippen molar-refractivity contribution in [3.8, 4) is 0 Å². The third-order valence-corrected chi connectivity index (χ3v) is 4.45. The van der Waals surface area contributed by atoms with E-state index in [0.717, 1.165) is 15.7 Å². The van der Waals surface area contributed by atoms with E-state index in [4.69, 9.17) is 11.1 Å². The highest BCUT2D eigenvalue weighted by Crippen LogP contribution is 2.32. The lowest BCUT2D eigenvalue weighted by atomic mass is 10.1. The Kier molecular flexibility index (Phi) is 3.99. The fraction of sp³-hybridized carbons (Fsp3) is 0. The van der Waals surface area contributed by atoms with E-state index in [1.807, 2.05) is 42.5 Å². The average Bonchev–Trinajstić information content (AvgIpc) is 2.55. The van der Waals surface area contributed by atoms with Crippen LogP contribution in [0.2, 0.25) is 0 Å². The van der Waals surface area contributed by atoms with Crippen LogP contribution in [0.3, 0.4) is 0 Å². The summed E-state index contributed by atoms with van der Waals surface area (Å²) in [6, 6.07) is 17.9. The summed E-state index contributed by atoms with van der Waals surface area (Å²) >= 11 is 1.24. The Morgan fingerprint density at radius 1 is 1.09 bits per heavy atom. The Hall–Kier alpha value is -2.86. The number of nitrogen functional groups attached to an aromatic ring is 1. The van der Waals surface area contributed by atoms with Gasteiger partial charge in [0.2, 0.25) is 0 Å². The fourth-order valence-electron chi connectivity index (χ4n) is 2.30. The number of fused-ring (bicyclic) bond motifs is 1. The summed E-state index contributed by atoms with van der Waals surface area (Å²) in [5.41, 5.74) is 6.54. The van der Waals surface area contributed by atoms with E-state index in [-0.39, 0.29) is 10.7 Å². The number of nitro groups is 1. The van der Waals surface area contributed by atoms with Crippen molar-refractivity contribution in [3.05, 3.63) is 76.3 Å². The Bertz CT molecular complexity index is 919. The average molecular weight is 323 g/mol. The van der Waals surface area contributed by atoms with E-state index in [9.17, 15) is 10.1 Å². The second kappa shape index (κ2) is 6.10. The van der Waals surface area contributed by atoms with Crippen LogP contribution in [-0.2, 0) is 0 Å². The molecule has 0 atom stereocenters. The molecule has 6 heteroatoms. The second-order valence-electron chi connectivity index (χ2n) is 4.94. The van der Waals surface area contributed by atoms with Crippen LogP contribution < -0.4 is 5.73 Å². The molecular formula is C17H13N3O2S. The molecule has 0 bridgehead atoms. The molecule has 0 amide bonds. The minimum absolute atomic E-state index is 0.0718. The molecule has 5 nitrogen and oxygen atoms in total. The number of hydrogen-bond acceptors (Lipinski definition) is 5. The lowest BCUT2D eigenvalue weighted by Gasteiger charge is -2.09. The first-order chi connectivity index (χ1) is 11.1. The Balaban J connectivity index is 1.98. The SMILES string of the molecule is N=C(Sc1cccc2ccccc12)c1cc([N+](=O)[O-])ccc1N. The van der Waals surface area contributed by atoms with Crippen LogP contribution in [0, 0.1) is 15.5 Å². The van der Waals surface area contributed by atoms with Crippen LogP contribution in [0.15, 0.2) is 65.6 Å². The maximum absolute atomic E-state index is 10.9. The van der Waals surface area contributed by atoms with E-state index < -0.39 is 4.92 Å². The van der Waals surface area contributed by atoms with Crippen molar-refractivity contribution in [2.45, 2.75) is 4.90 Å². The summed E-state index contributed by atoms with van der Waals surface area (Å²) in [7, 11) is 0. The molecule has 3 aromatic rings. The van der Waals surface area contributed by atoms with Gasteiger partial charge in [-0.25, -0.2) is 0 Å². The first kappa shape index (κ1) is 15.1. The summed E-state index contributed by atoms with van der Waals surface area (Å²) in [4.78, 5) is 11.3. The molecule has 0 aliphatic carbocycles. The molecule has 114 valence electrons. The normalized spacial score (nSPS) is 10.6. The van der Waals surface area contributed by atoms with Gasteiger partial charge in [-0.05, 0) is 22.9 Å². The van der Waals surface area contributed by atoms with Gasteiger partial charge in [-0.3, -0.25) is 15.5 Å². The van der Waals surface area contributed by atoms with E-state index in [1.165, 1.54) is 30.0 Å². The number of hydrogen-bond donors (Lipinski definition) is 2. The largest absolute Gasteiger partial charge is 0.398 e. The zero-order valence-electron chi connectivity index (χ0n) is 12.0. The first-order valence-corrected chi connectivity index (χ1v) is 7.66. The fourth-order valence-corrected chi connectivity index (χ4v) is 3.25. The maximum atomic E-state index is 10.9. The number of nitrogens with two attached hydrogens (primary N) is 1. The number of rotatable bonds is 3. The predicted molar refractivity (Wildman–Crippen MR) is 94.1 cm³/mol. The first-order valence-electron chi connectivity index (χ1n) is 6.85. The summed E-state index contributed by atoms with van der Waals surface area (Å²) in [5, 5.41) is 21.5. The molecule has 0 saturated heterocycles. The molecular weight excluding hydrogens is 310 g/mol. The number of nitro benzene ring substituents is 1. The highest BCUT2D eigenvalue weighted by molar-refractivity contribution is 8.14. The molecule has 0 radical (unpaired) electrons. The van der Waals surface area contributed by atoms with E-state index in [2.05, 4.69) is 0 Å². The van der Waals surface area contributed by atoms with E-state index in [1.54, 1.807) is 0 Å². The third kappa shape index (κ3) is 3.02. The van der Waals surface area contributed by atoms with Crippen LogP contribution in [0.4, 0.5) is 11.4 Å². The van der Waals surface area contributed by atoms with E-state index in [0.29, 0.717) is 11.3 Å². The molecule has 3 N–H and O–H groups in total. The minimum atomic E-state index is -0.487. The lowest BCUT2D eigenvalue weighted by molar-refractivity contribution is -0.384. The van der Waals surface area contributed by atoms with Gasteiger partial charge in [0.15, 0.2) is 0 Å². The van der Waals surface area contributed by atoms with Gasteiger partial charge < -0.3 is 5.73 Å². The van der Waals surface area contributed by atoms with Gasteiger partial charge >= 0.3 is 0 Å². The number of nitrogens with one attached hydrogen (secondary N) is 1. The Morgan fingerprint density at radius 3 is 2.61 bits per heavy atom. The molecule has 3 aromatic carbocycles. The Labute approximate surface area is 136 Å². The lowest BCUT2D eigenvalue weighted by Crippen LogP contribution is -2.01. The summed E-state index contributed by atoms with van der Waals surface area (Å²) < 4.78 is 0. The summed E-state index contributed by atoms with van der Waals surface area (Å²) in [5.74, 6) is 0. The van der Waals surface area contributed by atoms with Crippen LogP contribution in [0.25, 0.3) is 10.8 Å². The van der Waals surface area contributed by atoms with Gasteiger partial charge in [0, 0.05) is 28.3 Å². The quantitative estimate of drug-likeness (QED) is 0.186. The van der Waals surface area contributed by atoms with E-state index >= 15 is 0 Å². The number of nitrogens with zero attached hydrogens (tertiary/aromatic N) is 1. The number of non-ortho nitro benzene ring substituents is 1. The van der Waals surface area contributed by atoms with Crippen LogP contribution >= 0.6 is 11.8 Å². The van der Waals surface area contributed by atoms with Crippen molar-refractivity contribution in [2.24, 2.45) is 0 Å². The van der Waals surface area contributed by atoms with Crippen LogP contribution in [0.5, 0.6) is 0 Å². The number of thioether (sulfide) groups is 1. The predicted octanol–water partition coefficient (Wildman–Crippen LogP) is 4.45. The zero-order valence-corrected chi connectivity index (χ0v) is 12.8. The summed E-state index contributed by atoms with van der Waals surface area (Å²) in [6.07, 6.45) is 0. The molecule has 0 fully saturated rings. The van der Waals surface area contributed by atoms with Gasteiger partial charge in [-0.2, -0.15) is 0 Å². The number of anilines is 1. The Morgan fingerprint density at radius 2 is 1.83 bits per heavy atom. The molecule has 0 heterocycles. The zero-order chi connectivity index (χ0) is 16.4. The van der Waals surface area contributed by atoms with Crippen LogP contribution in [0.1, 0.15) is 5.56 Å². The summed E-state index contributed by atoms with van der Waals surface area (Å²) in [6.45, 7) is 0.